The Morgan fingerprint density at radius 2 is 1.50 bits per heavy atom. The number of hydrogen-bond donors (Lipinski definition) is 1. The van der Waals surface area contributed by atoms with Gasteiger partial charge < -0.3 is 5.73 Å². The summed E-state index contributed by atoms with van der Waals surface area (Å²) in [6.07, 6.45) is 3.97. The Balaban J connectivity index is 0. The van der Waals surface area contributed by atoms with Gasteiger partial charge in [0.1, 0.15) is 5.78 Å². The Morgan fingerprint density at radius 1 is 1.20 bits per heavy atom. The van der Waals surface area contributed by atoms with Gasteiger partial charge in [-0.05, 0) is 19.9 Å². The van der Waals surface area contributed by atoms with Gasteiger partial charge >= 0.3 is 0 Å². The predicted octanol–water partition coefficient (Wildman–Crippen LogP) is 1.51. The van der Waals surface area contributed by atoms with E-state index >= 15 is 0 Å². The van der Waals surface area contributed by atoms with Crippen molar-refractivity contribution in [3.63, 3.8) is 0 Å². The first-order chi connectivity index (χ1) is 4.89. The molecule has 0 unspecified atom stereocenters. The molecule has 1 fully saturated rings. The van der Waals surface area contributed by atoms with E-state index in [1.165, 1.54) is 7.05 Å². The molecule has 1 rings (SSSR count). The quantitative estimate of drug-likeness (QED) is 0.522. The number of Topliss-reactive ketones (excluding diaryl/α,β-unsaturated/α-hetero) is 1. The standard InChI is InChI=1S/C5H8O.C2H4.CH5N/c6-5-3-1-2-4-5;2*1-2/h1-4H2;1-2H2;2H2,1H3. The van der Waals surface area contributed by atoms with Crippen molar-refractivity contribution in [1.29, 1.82) is 0 Å². The normalized spacial score (nSPS) is 14.4. The van der Waals surface area contributed by atoms with Gasteiger partial charge in [-0.2, -0.15) is 0 Å². The molecule has 1 saturated carbocycles. The van der Waals surface area contributed by atoms with Gasteiger partial charge in [0, 0.05) is 12.8 Å². The second kappa shape index (κ2) is 11.2. The van der Waals surface area contributed by atoms with Crippen molar-refractivity contribution >= 4 is 5.78 Å². The monoisotopic (exact) mass is 143 g/mol. The van der Waals surface area contributed by atoms with E-state index in [2.05, 4.69) is 18.9 Å². The van der Waals surface area contributed by atoms with Crippen LogP contribution < -0.4 is 5.73 Å². The highest BCUT2D eigenvalue weighted by atomic mass is 16.1. The molecule has 0 amide bonds. The first-order valence-corrected chi connectivity index (χ1v) is 3.49. The molecule has 60 valence electrons. The smallest absolute Gasteiger partial charge is 0.132 e. The van der Waals surface area contributed by atoms with Crippen LogP contribution in [0.3, 0.4) is 0 Å². The summed E-state index contributed by atoms with van der Waals surface area (Å²) in [7, 11) is 1.50. The summed E-state index contributed by atoms with van der Waals surface area (Å²) in [4.78, 5) is 10.2. The lowest BCUT2D eigenvalue weighted by Crippen LogP contribution is -1.81. The number of carbonyl (C=O) groups is 1. The van der Waals surface area contributed by atoms with Crippen LogP contribution in [0.5, 0.6) is 0 Å². The van der Waals surface area contributed by atoms with Crippen molar-refractivity contribution in [1.82, 2.24) is 0 Å². The van der Waals surface area contributed by atoms with Crippen LogP contribution in [0.4, 0.5) is 0 Å². The largest absolute Gasteiger partial charge is 0.333 e. The molecule has 0 aromatic carbocycles. The van der Waals surface area contributed by atoms with E-state index in [0.29, 0.717) is 5.78 Å². The maximum Gasteiger partial charge on any atom is 0.132 e. The van der Waals surface area contributed by atoms with Gasteiger partial charge in [0.15, 0.2) is 0 Å². The van der Waals surface area contributed by atoms with E-state index in [4.69, 9.17) is 0 Å². The third kappa shape index (κ3) is 7.37. The topological polar surface area (TPSA) is 43.1 Å². The lowest BCUT2D eigenvalue weighted by Gasteiger charge is -1.71. The van der Waals surface area contributed by atoms with Crippen LogP contribution in [0, 0.1) is 0 Å². The number of carbonyl (C=O) groups excluding carboxylic acids is 1. The van der Waals surface area contributed by atoms with E-state index < -0.39 is 0 Å². The molecule has 2 heteroatoms. The van der Waals surface area contributed by atoms with Crippen LogP contribution in [0.2, 0.25) is 0 Å². The Bertz CT molecular complexity index is 73.3. The third-order valence-electron chi connectivity index (χ3n) is 1.16. The molecule has 1 aliphatic rings. The molecular formula is C8H17NO. The van der Waals surface area contributed by atoms with Gasteiger partial charge in [-0.15, -0.1) is 13.2 Å². The first-order valence-electron chi connectivity index (χ1n) is 3.49. The molecule has 10 heavy (non-hydrogen) atoms. The minimum absolute atomic E-state index is 0.454. The van der Waals surface area contributed by atoms with Gasteiger partial charge in [-0.1, -0.05) is 0 Å². The summed E-state index contributed by atoms with van der Waals surface area (Å²) < 4.78 is 0. The van der Waals surface area contributed by atoms with Gasteiger partial charge in [0.25, 0.3) is 0 Å². The van der Waals surface area contributed by atoms with Crippen molar-refractivity contribution in [3.8, 4) is 0 Å². The molecule has 0 aromatic rings. The number of rotatable bonds is 0. The maximum absolute atomic E-state index is 10.2. The lowest BCUT2D eigenvalue weighted by atomic mass is 10.4. The number of ketones is 1. The number of nitrogens with two attached hydrogens (primary N) is 1. The summed E-state index contributed by atoms with van der Waals surface area (Å²) in [5, 5.41) is 0. The van der Waals surface area contributed by atoms with Crippen molar-refractivity contribution in [3.05, 3.63) is 13.2 Å². The molecule has 1 aliphatic carbocycles. The molecule has 0 aliphatic heterocycles. The molecule has 0 atom stereocenters. The zero-order valence-electron chi connectivity index (χ0n) is 6.73. The average molecular weight is 143 g/mol. The highest BCUT2D eigenvalue weighted by Gasteiger charge is 2.07. The van der Waals surface area contributed by atoms with Crippen molar-refractivity contribution in [2.24, 2.45) is 5.73 Å². The SMILES string of the molecule is C=C.CN.O=C1CCCC1. The van der Waals surface area contributed by atoms with Gasteiger partial charge in [-0.3, -0.25) is 4.79 Å². The maximum atomic E-state index is 10.2. The minimum Gasteiger partial charge on any atom is -0.333 e. The molecule has 0 spiro atoms. The summed E-state index contributed by atoms with van der Waals surface area (Å²) in [5.41, 5.74) is 4.50. The van der Waals surface area contributed by atoms with Crippen molar-refractivity contribution < 1.29 is 4.79 Å². The fraction of sp³-hybridized carbons (Fsp3) is 0.625. The van der Waals surface area contributed by atoms with Crippen molar-refractivity contribution in [2.75, 3.05) is 7.05 Å². The van der Waals surface area contributed by atoms with E-state index in [0.717, 1.165) is 25.7 Å². The van der Waals surface area contributed by atoms with E-state index in [-0.39, 0.29) is 0 Å². The van der Waals surface area contributed by atoms with E-state index in [1.54, 1.807) is 0 Å². The molecule has 0 bridgehead atoms. The van der Waals surface area contributed by atoms with Crippen LogP contribution in [-0.4, -0.2) is 12.8 Å². The third-order valence-corrected chi connectivity index (χ3v) is 1.16. The van der Waals surface area contributed by atoms with E-state index in [1.807, 2.05) is 0 Å². The molecule has 0 heterocycles. The molecule has 0 radical (unpaired) electrons. The molecule has 0 saturated heterocycles. The van der Waals surface area contributed by atoms with Gasteiger partial charge in [0.2, 0.25) is 0 Å². The lowest BCUT2D eigenvalue weighted by molar-refractivity contribution is -0.117. The molecule has 0 aromatic heterocycles. The highest BCUT2D eigenvalue weighted by Crippen LogP contribution is 2.11. The van der Waals surface area contributed by atoms with Crippen LogP contribution in [0.25, 0.3) is 0 Å². The molecule has 2 N–H and O–H groups in total. The minimum atomic E-state index is 0.454. The Labute approximate surface area is 63.1 Å². The summed E-state index contributed by atoms with van der Waals surface area (Å²) >= 11 is 0. The zero-order valence-corrected chi connectivity index (χ0v) is 6.73. The summed E-state index contributed by atoms with van der Waals surface area (Å²) in [5.74, 6) is 0.454. The fourth-order valence-electron chi connectivity index (χ4n) is 0.769. The zero-order chi connectivity index (χ0) is 8.41. The van der Waals surface area contributed by atoms with Crippen LogP contribution in [0.15, 0.2) is 13.2 Å². The van der Waals surface area contributed by atoms with Gasteiger partial charge in [-0.25, -0.2) is 0 Å². The summed E-state index contributed by atoms with van der Waals surface area (Å²) in [6, 6.07) is 0. The Kier molecular flexibility index (Phi) is 13.5. The Hall–Kier alpha value is -0.630. The molecular weight excluding hydrogens is 126 g/mol. The van der Waals surface area contributed by atoms with Crippen molar-refractivity contribution in [2.45, 2.75) is 25.7 Å². The van der Waals surface area contributed by atoms with Crippen LogP contribution in [-0.2, 0) is 4.79 Å². The summed E-state index contributed by atoms with van der Waals surface area (Å²) in [6.45, 7) is 6.00. The second-order valence-corrected chi connectivity index (χ2v) is 1.75. The van der Waals surface area contributed by atoms with Crippen LogP contribution in [0.1, 0.15) is 25.7 Å². The van der Waals surface area contributed by atoms with Crippen LogP contribution >= 0.6 is 0 Å². The number of hydrogen-bond acceptors (Lipinski definition) is 2. The van der Waals surface area contributed by atoms with Gasteiger partial charge in [0.05, 0.1) is 0 Å². The van der Waals surface area contributed by atoms with E-state index in [9.17, 15) is 4.79 Å². The first kappa shape index (κ1) is 12.1. The highest BCUT2D eigenvalue weighted by molar-refractivity contribution is 5.79. The predicted molar refractivity (Wildman–Crippen MR) is 44.8 cm³/mol. The fourth-order valence-corrected chi connectivity index (χ4v) is 0.769. The molecule has 2 nitrogen and oxygen atoms in total. The Morgan fingerprint density at radius 3 is 1.60 bits per heavy atom. The second-order valence-electron chi connectivity index (χ2n) is 1.75. The average Bonchev–Trinajstić information content (AvgIpc) is 2.48.